The molecule has 0 aliphatic carbocycles. The maximum absolute atomic E-state index is 5.52. The van der Waals surface area contributed by atoms with Crippen LogP contribution in [0, 0.1) is 6.92 Å². The quantitative estimate of drug-likeness (QED) is 0.942. The summed E-state index contributed by atoms with van der Waals surface area (Å²) < 4.78 is 2.94. The van der Waals surface area contributed by atoms with Crippen molar-refractivity contribution in [1.82, 2.24) is 9.78 Å². The Balaban J connectivity index is 2.30. The summed E-state index contributed by atoms with van der Waals surface area (Å²) in [5, 5.41) is 4.41. The van der Waals surface area contributed by atoms with Gasteiger partial charge in [0.2, 0.25) is 0 Å². The second-order valence-corrected chi connectivity index (χ2v) is 4.85. The molecule has 0 saturated carbocycles. The maximum atomic E-state index is 5.52. The fourth-order valence-corrected chi connectivity index (χ4v) is 2.36. The van der Waals surface area contributed by atoms with Crippen LogP contribution >= 0.6 is 15.9 Å². The average molecular weight is 294 g/mol. The van der Waals surface area contributed by atoms with Gasteiger partial charge in [0.1, 0.15) is 4.60 Å². The number of aromatic nitrogens is 2. The molecule has 4 heteroatoms. The Bertz CT molecular complexity index is 505. The van der Waals surface area contributed by atoms with Crippen LogP contribution in [0.3, 0.4) is 0 Å². The van der Waals surface area contributed by atoms with E-state index >= 15 is 0 Å². The summed E-state index contributed by atoms with van der Waals surface area (Å²) in [6, 6.07) is 8.29. The first-order valence-electron chi connectivity index (χ1n) is 5.72. The molecule has 2 aromatic rings. The van der Waals surface area contributed by atoms with Crippen molar-refractivity contribution in [3.8, 4) is 5.69 Å². The van der Waals surface area contributed by atoms with Gasteiger partial charge in [-0.15, -0.1) is 0 Å². The first kappa shape index (κ1) is 12.3. The van der Waals surface area contributed by atoms with E-state index in [9.17, 15) is 0 Å². The molecule has 0 aliphatic heterocycles. The highest BCUT2D eigenvalue weighted by molar-refractivity contribution is 9.10. The van der Waals surface area contributed by atoms with E-state index < -0.39 is 0 Å². The lowest BCUT2D eigenvalue weighted by Crippen LogP contribution is -2.01. The van der Waals surface area contributed by atoms with Crippen LogP contribution in [0.5, 0.6) is 0 Å². The molecule has 0 atom stereocenters. The molecular formula is C13H16BrN3. The van der Waals surface area contributed by atoms with Crippen LogP contribution in [0.1, 0.15) is 17.5 Å². The summed E-state index contributed by atoms with van der Waals surface area (Å²) in [6.45, 7) is 2.79. The van der Waals surface area contributed by atoms with Crippen molar-refractivity contribution in [3.63, 3.8) is 0 Å². The van der Waals surface area contributed by atoms with Gasteiger partial charge in [-0.1, -0.05) is 12.1 Å². The van der Waals surface area contributed by atoms with Gasteiger partial charge in [-0.2, -0.15) is 5.10 Å². The van der Waals surface area contributed by atoms with Crippen molar-refractivity contribution in [1.29, 1.82) is 0 Å². The highest BCUT2D eigenvalue weighted by Crippen LogP contribution is 2.22. The minimum atomic E-state index is 0.710. The van der Waals surface area contributed by atoms with Crippen LogP contribution in [-0.2, 0) is 6.42 Å². The molecule has 0 saturated heterocycles. The molecule has 0 radical (unpaired) electrons. The van der Waals surface area contributed by atoms with Crippen LogP contribution in [0.15, 0.2) is 35.1 Å². The van der Waals surface area contributed by atoms with Gasteiger partial charge in [0.05, 0.1) is 11.9 Å². The highest BCUT2D eigenvalue weighted by atomic mass is 79.9. The Morgan fingerprint density at radius 2 is 2.24 bits per heavy atom. The normalized spacial score (nSPS) is 10.8. The van der Waals surface area contributed by atoms with E-state index in [1.54, 1.807) is 0 Å². The van der Waals surface area contributed by atoms with Gasteiger partial charge >= 0.3 is 0 Å². The van der Waals surface area contributed by atoms with E-state index in [1.807, 2.05) is 16.9 Å². The SMILES string of the molecule is Cc1cccc(-n2ncc(CCCN)c2Br)c1. The molecule has 90 valence electrons. The van der Waals surface area contributed by atoms with Crippen molar-refractivity contribution in [2.24, 2.45) is 5.73 Å². The molecule has 17 heavy (non-hydrogen) atoms. The Hall–Kier alpha value is -1.13. The third-order valence-corrected chi connectivity index (χ3v) is 3.52. The molecule has 0 fully saturated rings. The second kappa shape index (κ2) is 5.47. The van der Waals surface area contributed by atoms with Crippen molar-refractivity contribution >= 4 is 15.9 Å². The van der Waals surface area contributed by atoms with Gasteiger partial charge in [0, 0.05) is 5.56 Å². The van der Waals surface area contributed by atoms with Crippen molar-refractivity contribution < 1.29 is 0 Å². The number of rotatable bonds is 4. The van der Waals surface area contributed by atoms with Gasteiger partial charge in [0.15, 0.2) is 0 Å². The smallest absolute Gasteiger partial charge is 0.113 e. The summed E-state index contributed by atoms with van der Waals surface area (Å²) in [4.78, 5) is 0. The molecule has 0 unspecified atom stereocenters. The van der Waals surface area contributed by atoms with E-state index in [2.05, 4.69) is 46.2 Å². The molecule has 0 spiro atoms. The highest BCUT2D eigenvalue weighted by Gasteiger charge is 2.08. The van der Waals surface area contributed by atoms with Crippen LogP contribution in [0.4, 0.5) is 0 Å². The van der Waals surface area contributed by atoms with Gasteiger partial charge in [-0.25, -0.2) is 4.68 Å². The summed E-state index contributed by atoms with van der Waals surface area (Å²) >= 11 is 3.60. The number of hydrogen-bond acceptors (Lipinski definition) is 2. The zero-order valence-electron chi connectivity index (χ0n) is 9.86. The minimum Gasteiger partial charge on any atom is -0.330 e. The van der Waals surface area contributed by atoms with Crippen molar-refractivity contribution in [2.75, 3.05) is 6.54 Å². The lowest BCUT2D eigenvalue weighted by Gasteiger charge is -2.05. The molecule has 1 aromatic heterocycles. The van der Waals surface area contributed by atoms with Gasteiger partial charge < -0.3 is 5.73 Å². The van der Waals surface area contributed by atoms with E-state index in [4.69, 9.17) is 5.73 Å². The third-order valence-electron chi connectivity index (χ3n) is 2.68. The first-order valence-corrected chi connectivity index (χ1v) is 6.51. The van der Waals surface area contributed by atoms with E-state index in [0.717, 1.165) is 23.1 Å². The lowest BCUT2D eigenvalue weighted by atomic mass is 10.2. The molecule has 1 heterocycles. The number of benzene rings is 1. The van der Waals surface area contributed by atoms with Gasteiger partial charge in [-0.05, 0) is 59.9 Å². The maximum Gasteiger partial charge on any atom is 0.113 e. The Morgan fingerprint density at radius 3 is 2.94 bits per heavy atom. The lowest BCUT2D eigenvalue weighted by molar-refractivity contribution is 0.823. The Morgan fingerprint density at radius 1 is 1.41 bits per heavy atom. The summed E-state index contributed by atoms with van der Waals surface area (Å²) in [5.41, 5.74) is 9.04. The van der Waals surface area contributed by atoms with Gasteiger partial charge in [0.25, 0.3) is 0 Å². The molecule has 0 aliphatic rings. The largest absolute Gasteiger partial charge is 0.330 e. The Kier molecular flexibility index (Phi) is 3.97. The number of nitrogens with zero attached hydrogens (tertiary/aromatic N) is 2. The molecule has 2 N–H and O–H groups in total. The minimum absolute atomic E-state index is 0.710. The van der Waals surface area contributed by atoms with Crippen LogP contribution in [0.2, 0.25) is 0 Å². The first-order chi connectivity index (χ1) is 8.22. The summed E-state index contributed by atoms with van der Waals surface area (Å²) in [7, 11) is 0. The summed E-state index contributed by atoms with van der Waals surface area (Å²) in [6.07, 6.45) is 3.85. The standard InChI is InChI=1S/C13H16BrN3/c1-10-4-2-6-12(8-10)17-13(14)11(9-16-17)5-3-7-15/h2,4,6,8-9H,3,5,7,15H2,1H3. The number of hydrogen-bond donors (Lipinski definition) is 1. The predicted octanol–water partition coefficient (Wildman–Crippen LogP) is 2.83. The van der Waals surface area contributed by atoms with E-state index in [1.165, 1.54) is 11.1 Å². The fraction of sp³-hybridized carbons (Fsp3) is 0.308. The molecule has 3 nitrogen and oxygen atoms in total. The van der Waals surface area contributed by atoms with Crippen LogP contribution in [0.25, 0.3) is 5.69 Å². The van der Waals surface area contributed by atoms with Gasteiger partial charge in [-0.3, -0.25) is 0 Å². The Labute approximate surface area is 110 Å². The number of aryl methyl sites for hydroxylation is 2. The van der Waals surface area contributed by atoms with Crippen LogP contribution < -0.4 is 5.73 Å². The van der Waals surface area contributed by atoms with Crippen molar-refractivity contribution in [2.45, 2.75) is 19.8 Å². The monoisotopic (exact) mass is 293 g/mol. The van der Waals surface area contributed by atoms with Crippen LogP contribution in [-0.4, -0.2) is 16.3 Å². The van der Waals surface area contributed by atoms with E-state index in [-0.39, 0.29) is 0 Å². The zero-order chi connectivity index (χ0) is 12.3. The topological polar surface area (TPSA) is 43.8 Å². The second-order valence-electron chi connectivity index (χ2n) is 4.10. The van der Waals surface area contributed by atoms with E-state index in [0.29, 0.717) is 6.54 Å². The van der Waals surface area contributed by atoms with Crippen molar-refractivity contribution in [3.05, 3.63) is 46.2 Å². The molecule has 1 aromatic carbocycles. The third kappa shape index (κ3) is 2.76. The fourth-order valence-electron chi connectivity index (χ4n) is 1.77. The molecule has 2 rings (SSSR count). The molecular weight excluding hydrogens is 278 g/mol. The number of halogens is 1. The number of nitrogens with two attached hydrogens (primary N) is 1. The molecule has 0 amide bonds. The zero-order valence-corrected chi connectivity index (χ0v) is 11.4. The predicted molar refractivity (Wildman–Crippen MR) is 73.4 cm³/mol. The average Bonchev–Trinajstić information content (AvgIpc) is 2.68. The summed E-state index contributed by atoms with van der Waals surface area (Å²) in [5.74, 6) is 0. The molecule has 0 bridgehead atoms.